The van der Waals surface area contributed by atoms with Crippen LogP contribution < -0.4 is 10.1 Å². The van der Waals surface area contributed by atoms with Crippen molar-refractivity contribution in [2.45, 2.75) is 45.1 Å². The Balaban J connectivity index is 0.00000225. The largest absolute Gasteiger partial charge is 0.496 e. The maximum Gasteiger partial charge on any atom is 0.223 e. The van der Waals surface area contributed by atoms with Gasteiger partial charge in [-0.25, -0.2) is 0 Å². The number of hydrogen-bond donors (Lipinski definition) is 1. The van der Waals surface area contributed by atoms with Crippen molar-refractivity contribution in [3.63, 3.8) is 0 Å². The molecule has 0 spiro atoms. The van der Waals surface area contributed by atoms with Gasteiger partial charge in [0, 0.05) is 31.6 Å². The molecule has 1 heterocycles. The van der Waals surface area contributed by atoms with E-state index in [0.717, 1.165) is 36.9 Å². The van der Waals surface area contributed by atoms with E-state index >= 15 is 0 Å². The van der Waals surface area contributed by atoms with Crippen LogP contribution in [0.4, 0.5) is 0 Å². The van der Waals surface area contributed by atoms with Crippen LogP contribution in [0.5, 0.6) is 5.75 Å². The van der Waals surface area contributed by atoms with Gasteiger partial charge in [-0.2, -0.15) is 0 Å². The molecule has 0 radical (unpaired) electrons. The van der Waals surface area contributed by atoms with Gasteiger partial charge in [-0.05, 0) is 30.7 Å². The maximum atomic E-state index is 13.0. The molecule has 25 heavy (non-hydrogen) atoms. The first-order valence-electron chi connectivity index (χ1n) is 9.32. The van der Waals surface area contributed by atoms with Gasteiger partial charge in [0.15, 0.2) is 0 Å². The summed E-state index contributed by atoms with van der Waals surface area (Å²) in [6, 6.07) is 8.14. The van der Waals surface area contributed by atoms with Crippen molar-refractivity contribution < 1.29 is 9.53 Å². The number of benzene rings is 1. The van der Waals surface area contributed by atoms with Gasteiger partial charge in [-0.1, -0.05) is 38.0 Å². The van der Waals surface area contributed by atoms with Crippen LogP contribution in [0, 0.1) is 11.8 Å². The van der Waals surface area contributed by atoms with Gasteiger partial charge in [-0.15, -0.1) is 12.4 Å². The quantitative estimate of drug-likeness (QED) is 0.881. The smallest absolute Gasteiger partial charge is 0.223 e. The molecule has 0 aromatic heterocycles. The third kappa shape index (κ3) is 4.89. The standard InChI is InChI=1S/C20H30N2O2.ClH/c1-15-6-5-7-16(12-15)13-20(23)22-11-10-21-14-18(22)17-8-3-4-9-19(17)24-2;/h3-4,8-9,15-16,18,21H,5-7,10-14H2,1-2H3;1H. The molecule has 2 fully saturated rings. The lowest BCUT2D eigenvalue weighted by molar-refractivity contribution is -0.136. The minimum absolute atomic E-state index is 0. The number of amides is 1. The lowest BCUT2D eigenvalue weighted by Gasteiger charge is -2.38. The molecule has 140 valence electrons. The Hall–Kier alpha value is -1.26. The third-order valence-corrected chi connectivity index (χ3v) is 5.57. The Morgan fingerprint density at radius 3 is 2.88 bits per heavy atom. The number of nitrogens with one attached hydrogen (secondary N) is 1. The maximum absolute atomic E-state index is 13.0. The summed E-state index contributed by atoms with van der Waals surface area (Å²) in [6.07, 6.45) is 5.72. The fourth-order valence-corrected chi connectivity index (χ4v) is 4.33. The van der Waals surface area contributed by atoms with Crippen LogP contribution in [-0.4, -0.2) is 37.6 Å². The lowest BCUT2D eigenvalue weighted by atomic mass is 9.80. The fraction of sp³-hybridized carbons (Fsp3) is 0.650. The highest BCUT2D eigenvalue weighted by molar-refractivity contribution is 5.85. The zero-order chi connectivity index (χ0) is 16.9. The Morgan fingerprint density at radius 2 is 2.12 bits per heavy atom. The molecular formula is C20H31ClN2O2. The van der Waals surface area contributed by atoms with Crippen LogP contribution in [0.25, 0.3) is 0 Å². The Kier molecular flexibility index (Phi) is 7.57. The van der Waals surface area contributed by atoms with E-state index in [1.165, 1.54) is 25.7 Å². The van der Waals surface area contributed by atoms with Gasteiger partial charge in [-0.3, -0.25) is 4.79 Å². The number of hydrogen-bond acceptors (Lipinski definition) is 3. The molecule has 1 saturated heterocycles. The molecule has 1 aromatic rings. The van der Waals surface area contributed by atoms with Gasteiger partial charge in [0.1, 0.15) is 5.75 Å². The summed E-state index contributed by atoms with van der Waals surface area (Å²) in [5.74, 6) is 2.51. The van der Waals surface area contributed by atoms with Crippen molar-refractivity contribution in [1.82, 2.24) is 10.2 Å². The van der Waals surface area contributed by atoms with E-state index in [-0.39, 0.29) is 18.4 Å². The molecule has 2 aliphatic rings. The first-order valence-corrected chi connectivity index (χ1v) is 9.32. The molecule has 0 bridgehead atoms. The number of methoxy groups -OCH3 is 1. The van der Waals surface area contributed by atoms with Crippen molar-refractivity contribution in [2.75, 3.05) is 26.7 Å². The fourth-order valence-electron chi connectivity index (χ4n) is 4.33. The summed E-state index contributed by atoms with van der Waals surface area (Å²) in [5.41, 5.74) is 1.11. The summed E-state index contributed by atoms with van der Waals surface area (Å²) >= 11 is 0. The minimum atomic E-state index is 0. The summed E-state index contributed by atoms with van der Waals surface area (Å²) in [5, 5.41) is 3.43. The van der Waals surface area contributed by atoms with Crippen molar-refractivity contribution >= 4 is 18.3 Å². The van der Waals surface area contributed by atoms with Gasteiger partial charge >= 0.3 is 0 Å². The number of nitrogens with zero attached hydrogens (tertiary/aromatic N) is 1. The summed E-state index contributed by atoms with van der Waals surface area (Å²) in [7, 11) is 1.70. The Labute approximate surface area is 157 Å². The second-order valence-electron chi connectivity index (χ2n) is 7.39. The molecule has 1 aromatic carbocycles. The SMILES string of the molecule is COc1ccccc1C1CNCCN1C(=O)CC1CCCC(C)C1.Cl. The number of carbonyl (C=O) groups excluding carboxylic acids is 1. The number of carbonyl (C=O) groups is 1. The molecule has 3 unspecified atom stereocenters. The van der Waals surface area contributed by atoms with Crippen molar-refractivity contribution in [3.05, 3.63) is 29.8 Å². The number of ether oxygens (including phenoxy) is 1. The normalized spacial score (nSPS) is 26.6. The van der Waals surface area contributed by atoms with E-state index in [1.807, 2.05) is 18.2 Å². The highest BCUT2D eigenvalue weighted by Gasteiger charge is 2.31. The van der Waals surface area contributed by atoms with Crippen LogP contribution in [0.1, 0.15) is 50.6 Å². The van der Waals surface area contributed by atoms with E-state index in [0.29, 0.717) is 18.2 Å². The van der Waals surface area contributed by atoms with E-state index in [1.54, 1.807) is 7.11 Å². The third-order valence-electron chi connectivity index (χ3n) is 5.57. The predicted octanol–water partition coefficient (Wildman–Crippen LogP) is 3.81. The van der Waals surface area contributed by atoms with Crippen LogP contribution in [0.2, 0.25) is 0 Å². The van der Waals surface area contributed by atoms with Crippen molar-refractivity contribution in [2.24, 2.45) is 11.8 Å². The first-order chi connectivity index (χ1) is 11.7. The predicted molar refractivity (Wildman–Crippen MR) is 103 cm³/mol. The summed E-state index contributed by atoms with van der Waals surface area (Å²) in [4.78, 5) is 15.1. The van der Waals surface area contributed by atoms with Crippen LogP contribution in [0.15, 0.2) is 24.3 Å². The van der Waals surface area contributed by atoms with Gasteiger partial charge in [0.05, 0.1) is 13.2 Å². The second-order valence-corrected chi connectivity index (χ2v) is 7.39. The minimum Gasteiger partial charge on any atom is -0.496 e. The molecule has 5 heteroatoms. The highest BCUT2D eigenvalue weighted by atomic mass is 35.5. The zero-order valence-electron chi connectivity index (χ0n) is 15.4. The van der Waals surface area contributed by atoms with Crippen molar-refractivity contribution in [3.8, 4) is 5.75 Å². The molecule has 4 nitrogen and oxygen atoms in total. The highest BCUT2D eigenvalue weighted by Crippen LogP contribution is 2.34. The number of rotatable bonds is 4. The summed E-state index contributed by atoms with van der Waals surface area (Å²) < 4.78 is 5.52. The molecule has 3 atom stereocenters. The first kappa shape index (κ1) is 20.1. The second kappa shape index (κ2) is 9.44. The van der Waals surface area contributed by atoms with E-state index in [2.05, 4.69) is 23.2 Å². The van der Waals surface area contributed by atoms with E-state index < -0.39 is 0 Å². The Bertz CT molecular complexity index is 566. The Morgan fingerprint density at radius 1 is 1.32 bits per heavy atom. The van der Waals surface area contributed by atoms with Gasteiger partial charge in [0.25, 0.3) is 0 Å². The lowest BCUT2D eigenvalue weighted by Crippen LogP contribution is -2.49. The van der Waals surface area contributed by atoms with Crippen LogP contribution in [-0.2, 0) is 4.79 Å². The van der Waals surface area contributed by atoms with Crippen molar-refractivity contribution in [1.29, 1.82) is 0 Å². The van der Waals surface area contributed by atoms with Crippen LogP contribution >= 0.6 is 12.4 Å². The molecule has 1 saturated carbocycles. The van der Waals surface area contributed by atoms with Gasteiger partial charge < -0.3 is 15.0 Å². The zero-order valence-corrected chi connectivity index (χ0v) is 16.2. The topological polar surface area (TPSA) is 41.6 Å². The molecular weight excluding hydrogens is 336 g/mol. The monoisotopic (exact) mass is 366 g/mol. The molecule has 1 N–H and O–H groups in total. The molecule has 1 amide bonds. The van der Waals surface area contributed by atoms with E-state index in [9.17, 15) is 4.79 Å². The van der Waals surface area contributed by atoms with Gasteiger partial charge in [0.2, 0.25) is 5.91 Å². The molecule has 1 aliphatic heterocycles. The molecule has 1 aliphatic carbocycles. The molecule has 3 rings (SSSR count). The average molecular weight is 367 g/mol. The number of piperazine rings is 1. The number of para-hydroxylation sites is 1. The summed E-state index contributed by atoms with van der Waals surface area (Å²) in [6.45, 7) is 4.77. The average Bonchev–Trinajstić information content (AvgIpc) is 2.61. The number of halogens is 1. The van der Waals surface area contributed by atoms with Crippen LogP contribution in [0.3, 0.4) is 0 Å². The van der Waals surface area contributed by atoms with E-state index in [4.69, 9.17) is 4.74 Å².